The number of anilines is 1. The molecule has 5 nitrogen and oxygen atoms in total. The number of nitrogens with zero attached hydrogens (tertiary/aromatic N) is 2. The summed E-state index contributed by atoms with van der Waals surface area (Å²) in [4.78, 5) is 8.40. The van der Waals surface area contributed by atoms with Crippen molar-refractivity contribution in [3.8, 4) is 11.8 Å². The van der Waals surface area contributed by atoms with Crippen LogP contribution in [-0.4, -0.2) is 35.6 Å². The largest absolute Gasteiger partial charge is 0.481 e. The Morgan fingerprint density at radius 1 is 1.29 bits per heavy atom. The molecule has 0 bridgehead atoms. The number of aromatic nitrogens is 2. The predicted octanol–water partition coefficient (Wildman–Crippen LogP) is 2.31. The average Bonchev–Trinajstić information content (AvgIpc) is 2.37. The van der Waals surface area contributed by atoms with E-state index in [1.54, 1.807) is 20.3 Å². The van der Waals surface area contributed by atoms with E-state index in [2.05, 4.69) is 15.3 Å². The topological polar surface area (TPSA) is 56.3 Å². The zero-order valence-corrected chi connectivity index (χ0v) is 11.3. The number of hydrogen-bond donors (Lipinski definition) is 1. The van der Waals surface area contributed by atoms with Crippen molar-refractivity contribution in [3.05, 3.63) is 6.07 Å². The first-order valence-corrected chi connectivity index (χ1v) is 5.91. The second-order valence-electron chi connectivity index (χ2n) is 3.95. The van der Waals surface area contributed by atoms with E-state index < -0.39 is 0 Å². The molecule has 1 N–H and O–H groups in total. The summed E-state index contributed by atoms with van der Waals surface area (Å²) >= 11 is 5.93. The van der Waals surface area contributed by atoms with Crippen LogP contribution in [0.4, 0.5) is 5.95 Å². The van der Waals surface area contributed by atoms with Crippen LogP contribution in [0.3, 0.4) is 0 Å². The van der Waals surface area contributed by atoms with Gasteiger partial charge in [-0.05, 0) is 13.3 Å². The summed E-state index contributed by atoms with van der Waals surface area (Å²) in [6.07, 6.45) is 0.861. The van der Waals surface area contributed by atoms with Crippen LogP contribution in [0.25, 0.3) is 0 Å². The summed E-state index contributed by atoms with van der Waals surface area (Å²) in [5.74, 6) is 1.82. The Morgan fingerprint density at radius 2 is 1.82 bits per heavy atom. The Kier molecular flexibility index (Phi) is 4.81. The monoisotopic (exact) mass is 259 g/mol. The summed E-state index contributed by atoms with van der Waals surface area (Å²) in [5, 5.41) is 3.19. The lowest BCUT2D eigenvalue weighted by Gasteiger charge is -2.27. The number of rotatable bonds is 6. The SMILES string of the molecule is CCC(C)(CCl)Nc1nc(OC)cc(OC)n1. The highest BCUT2D eigenvalue weighted by molar-refractivity contribution is 6.18. The highest BCUT2D eigenvalue weighted by Crippen LogP contribution is 2.22. The number of alkyl halides is 1. The van der Waals surface area contributed by atoms with E-state index in [0.29, 0.717) is 23.6 Å². The van der Waals surface area contributed by atoms with Crippen LogP contribution in [0, 0.1) is 0 Å². The van der Waals surface area contributed by atoms with Crippen LogP contribution < -0.4 is 14.8 Å². The predicted molar refractivity (Wildman–Crippen MR) is 68.2 cm³/mol. The second kappa shape index (κ2) is 5.91. The van der Waals surface area contributed by atoms with Crippen LogP contribution in [0.2, 0.25) is 0 Å². The molecule has 1 unspecified atom stereocenters. The van der Waals surface area contributed by atoms with Gasteiger partial charge in [0.05, 0.1) is 25.8 Å². The summed E-state index contributed by atoms with van der Waals surface area (Å²) in [6, 6.07) is 1.62. The lowest BCUT2D eigenvalue weighted by atomic mass is 10.0. The molecule has 0 aliphatic heterocycles. The van der Waals surface area contributed by atoms with E-state index in [9.17, 15) is 0 Å². The normalized spacial score (nSPS) is 13.9. The molecule has 0 fully saturated rings. The Hall–Kier alpha value is -1.23. The van der Waals surface area contributed by atoms with Crippen LogP contribution in [0.1, 0.15) is 20.3 Å². The van der Waals surface area contributed by atoms with E-state index in [-0.39, 0.29) is 5.54 Å². The van der Waals surface area contributed by atoms with Gasteiger partial charge in [-0.1, -0.05) is 6.92 Å². The zero-order valence-electron chi connectivity index (χ0n) is 10.6. The van der Waals surface area contributed by atoms with Gasteiger partial charge in [-0.3, -0.25) is 0 Å². The number of hydrogen-bond acceptors (Lipinski definition) is 5. The maximum absolute atomic E-state index is 5.93. The van der Waals surface area contributed by atoms with Crippen molar-refractivity contribution in [1.82, 2.24) is 9.97 Å². The summed E-state index contributed by atoms with van der Waals surface area (Å²) in [7, 11) is 3.10. The van der Waals surface area contributed by atoms with Gasteiger partial charge in [0.25, 0.3) is 0 Å². The molecule has 0 radical (unpaired) electrons. The smallest absolute Gasteiger partial charge is 0.229 e. The van der Waals surface area contributed by atoms with E-state index in [1.807, 2.05) is 13.8 Å². The minimum Gasteiger partial charge on any atom is -0.481 e. The second-order valence-corrected chi connectivity index (χ2v) is 4.22. The third-order valence-corrected chi connectivity index (χ3v) is 3.18. The van der Waals surface area contributed by atoms with E-state index in [0.717, 1.165) is 6.42 Å². The molecule has 0 aliphatic rings. The molecule has 0 saturated heterocycles. The fraction of sp³-hybridized carbons (Fsp3) is 0.636. The van der Waals surface area contributed by atoms with Gasteiger partial charge in [-0.25, -0.2) is 0 Å². The highest BCUT2D eigenvalue weighted by Gasteiger charge is 2.22. The molecular weight excluding hydrogens is 242 g/mol. The zero-order chi connectivity index (χ0) is 12.9. The molecule has 6 heteroatoms. The summed E-state index contributed by atoms with van der Waals surface area (Å²) in [6.45, 7) is 4.06. The van der Waals surface area contributed by atoms with E-state index in [1.165, 1.54) is 0 Å². The summed E-state index contributed by atoms with van der Waals surface area (Å²) < 4.78 is 10.2. The first kappa shape index (κ1) is 13.8. The number of methoxy groups -OCH3 is 2. The van der Waals surface area contributed by atoms with Crippen molar-refractivity contribution >= 4 is 17.5 Å². The maximum Gasteiger partial charge on any atom is 0.229 e. The van der Waals surface area contributed by atoms with Crippen LogP contribution >= 0.6 is 11.6 Å². The van der Waals surface area contributed by atoms with E-state index in [4.69, 9.17) is 21.1 Å². The van der Waals surface area contributed by atoms with Gasteiger partial charge in [-0.15, -0.1) is 11.6 Å². The lowest BCUT2D eigenvalue weighted by Crippen LogP contribution is -2.36. The van der Waals surface area contributed by atoms with Crippen LogP contribution in [0.5, 0.6) is 11.8 Å². The fourth-order valence-corrected chi connectivity index (χ4v) is 1.41. The van der Waals surface area contributed by atoms with Gasteiger partial charge in [0.15, 0.2) is 0 Å². The third-order valence-electron chi connectivity index (χ3n) is 2.59. The average molecular weight is 260 g/mol. The Morgan fingerprint density at radius 3 is 2.18 bits per heavy atom. The first-order valence-electron chi connectivity index (χ1n) is 5.38. The number of ether oxygens (including phenoxy) is 2. The highest BCUT2D eigenvalue weighted by atomic mass is 35.5. The lowest BCUT2D eigenvalue weighted by molar-refractivity contribution is 0.372. The Bertz CT molecular complexity index is 347. The van der Waals surface area contributed by atoms with Gasteiger partial charge in [0.2, 0.25) is 17.7 Å². The van der Waals surface area contributed by atoms with Gasteiger partial charge in [0, 0.05) is 5.88 Å². The molecule has 1 aromatic rings. The maximum atomic E-state index is 5.93. The molecule has 1 rings (SSSR count). The number of nitrogens with one attached hydrogen (secondary N) is 1. The minimum atomic E-state index is -0.251. The van der Waals surface area contributed by atoms with Crippen molar-refractivity contribution in [3.63, 3.8) is 0 Å². The molecule has 17 heavy (non-hydrogen) atoms. The number of halogens is 1. The standard InChI is InChI=1S/C11H18ClN3O2/c1-5-11(2,7-12)15-10-13-8(16-3)6-9(14-10)17-4/h6H,5,7H2,1-4H3,(H,13,14,15). The molecule has 96 valence electrons. The van der Waals surface area contributed by atoms with Gasteiger partial charge >= 0.3 is 0 Å². The van der Waals surface area contributed by atoms with Gasteiger partial charge in [0.1, 0.15) is 0 Å². The first-order chi connectivity index (χ1) is 8.06. The molecule has 0 spiro atoms. The molecule has 0 amide bonds. The van der Waals surface area contributed by atoms with Crippen LogP contribution in [-0.2, 0) is 0 Å². The Labute approximate surface area is 107 Å². The summed E-state index contributed by atoms with van der Waals surface area (Å²) in [5.41, 5.74) is -0.251. The van der Waals surface area contributed by atoms with Crippen molar-refractivity contribution < 1.29 is 9.47 Å². The van der Waals surface area contributed by atoms with E-state index >= 15 is 0 Å². The fourth-order valence-electron chi connectivity index (χ4n) is 1.16. The molecule has 0 aliphatic carbocycles. The van der Waals surface area contributed by atoms with Crippen molar-refractivity contribution in [2.24, 2.45) is 0 Å². The molecule has 0 saturated carbocycles. The Balaban J connectivity index is 2.97. The molecule has 1 heterocycles. The van der Waals surface area contributed by atoms with Crippen molar-refractivity contribution in [1.29, 1.82) is 0 Å². The minimum absolute atomic E-state index is 0.251. The van der Waals surface area contributed by atoms with Gasteiger partial charge in [-0.2, -0.15) is 9.97 Å². The molecule has 1 aromatic heterocycles. The van der Waals surface area contributed by atoms with Crippen molar-refractivity contribution in [2.45, 2.75) is 25.8 Å². The quantitative estimate of drug-likeness (QED) is 0.795. The van der Waals surface area contributed by atoms with Gasteiger partial charge < -0.3 is 14.8 Å². The third kappa shape index (κ3) is 3.63. The molecule has 0 aromatic carbocycles. The molecule has 1 atom stereocenters. The molecular formula is C11H18ClN3O2. The van der Waals surface area contributed by atoms with Crippen LogP contribution in [0.15, 0.2) is 6.07 Å². The van der Waals surface area contributed by atoms with Crippen molar-refractivity contribution in [2.75, 3.05) is 25.4 Å².